The average molecular weight is 215 g/mol. The van der Waals surface area contributed by atoms with Gasteiger partial charge in [-0.2, -0.15) is 0 Å². The van der Waals surface area contributed by atoms with Crippen molar-refractivity contribution < 1.29 is 9.90 Å². The molecule has 11 heavy (non-hydrogen) atoms. The van der Waals surface area contributed by atoms with E-state index in [0.29, 0.717) is 5.56 Å². The maximum atomic E-state index is 10.4. The molecule has 0 saturated carbocycles. The Hall–Kier alpha value is -0.670. The van der Waals surface area contributed by atoms with E-state index in [2.05, 4.69) is 15.9 Å². The number of carbonyl (C=O) groups excluding carboxylic acids is 1. The van der Waals surface area contributed by atoms with Gasteiger partial charge in [0.1, 0.15) is 0 Å². The highest BCUT2D eigenvalue weighted by molar-refractivity contribution is 9.10. The van der Waals surface area contributed by atoms with Crippen molar-refractivity contribution >= 4 is 22.2 Å². The van der Waals surface area contributed by atoms with E-state index in [0.717, 1.165) is 16.3 Å². The number of aliphatic hydroxyl groups is 1. The van der Waals surface area contributed by atoms with Crippen molar-refractivity contribution in [2.45, 2.75) is 6.61 Å². The Morgan fingerprint density at radius 3 is 2.82 bits per heavy atom. The molecule has 1 aromatic rings. The zero-order chi connectivity index (χ0) is 8.27. The quantitative estimate of drug-likeness (QED) is 0.763. The number of hydrogen-bond acceptors (Lipinski definition) is 2. The van der Waals surface area contributed by atoms with Gasteiger partial charge in [-0.3, -0.25) is 4.79 Å². The molecule has 0 aliphatic rings. The molecule has 0 amide bonds. The third-order valence-electron chi connectivity index (χ3n) is 1.37. The van der Waals surface area contributed by atoms with E-state index < -0.39 is 0 Å². The zero-order valence-electron chi connectivity index (χ0n) is 5.75. The van der Waals surface area contributed by atoms with Gasteiger partial charge in [0.05, 0.1) is 6.61 Å². The topological polar surface area (TPSA) is 37.3 Å². The molecule has 0 unspecified atom stereocenters. The zero-order valence-corrected chi connectivity index (χ0v) is 7.34. The van der Waals surface area contributed by atoms with E-state index in [9.17, 15) is 4.79 Å². The maximum absolute atomic E-state index is 10.4. The molecule has 1 rings (SSSR count). The summed E-state index contributed by atoms with van der Waals surface area (Å²) in [5, 5.41) is 8.72. The van der Waals surface area contributed by atoms with Gasteiger partial charge >= 0.3 is 0 Å². The van der Waals surface area contributed by atoms with Crippen LogP contribution in [-0.4, -0.2) is 11.4 Å². The molecule has 0 aliphatic carbocycles. The first-order valence-corrected chi connectivity index (χ1v) is 3.91. The number of benzene rings is 1. The van der Waals surface area contributed by atoms with Crippen LogP contribution in [0.25, 0.3) is 0 Å². The van der Waals surface area contributed by atoms with E-state index >= 15 is 0 Å². The summed E-state index contributed by atoms with van der Waals surface area (Å²) in [6.45, 7) is -0.0336. The Kier molecular flexibility index (Phi) is 2.79. The third kappa shape index (κ3) is 1.88. The molecule has 1 aromatic carbocycles. The fourth-order valence-electron chi connectivity index (χ4n) is 0.782. The summed E-state index contributed by atoms with van der Waals surface area (Å²) in [5.74, 6) is 0. The molecule has 0 aromatic heterocycles. The summed E-state index contributed by atoms with van der Waals surface area (Å²) >= 11 is 3.21. The van der Waals surface area contributed by atoms with Crippen LogP contribution in [0.5, 0.6) is 0 Å². The van der Waals surface area contributed by atoms with Crippen LogP contribution in [0.2, 0.25) is 0 Å². The Balaban J connectivity index is 3.12. The van der Waals surface area contributed by atoms with Crippen LogP contribution in [0, 0.1) is 0 Å². The van der Waals surface area contributed by atoms with Crippen molar-refractivity contribution in [2.75, 3.05) is 0 Å². The Morgan fingerprint density at radius 1 is 1.55 bits per heavy atom. The molecule has 58 valence electrons. The van der Waals surface area contributed by atoms with Gasteiger partial charge in [-0.25, -0.2) is 0 Å². The maximum Gasteiger partial charge on any atom is 0.151 e. The van der Waals surface area contributed by atoms with Gasteiger partial charge in [0.25, 0.3) is 0 Å². The summed E-state index contributed by atoms with van der Waals surface area (Å²) < 4.78 is 0.754. The van der Waals surface area contributed by atoms with Gasteiger partial charge in [-0.1, -0.05) is 22.0 Å². The first-order chi connectivity index (χ1) is 5.27. The second-order valence-electron chi connectivity index (χ2n) is 2.13. The molecular formula is C8H7BrO2. The summed E-state index contributed by atoms with van der Waals surface area (Å²) in [7, 11) is 0. The average Bonchev–Trinajstić information content (AvgIpc) is 2.05. The molecule has 1 N–H and O–H groups in total. The van der Waals surface area contributed by atoms with Crippen molar-refractivity contribution in [3.8, 4) is 0 Å². The molecule has 0 heterocycles. The molecule has 0 fully saturated rings. The minimum absolute atomic E-state index is 0.0336. The smallest absolute Gasteiger partial charge is 0.151 e. The second-order valence-corrected chi connectivity index (χ2v) is 2.99. The highest BCUT2D eigenvalue weighted by Crippen LogP contribution is 2.16. The predicted molar refractivity (Wildman–Crippen MR) is 45.5 cm³/mol. The van der Waals surface area contributed by atoms with Gasteiger partial charge in [-0.05, 0) is 17.7 Å². The first-order valence-electron chi connectivity index (χ1n) is 3.12. The van der Waals surface area contributed by atoms with Crippen LogP contribution in [0.15, 0.2) is 22.7 Å². The summed E-state index contributed by atoms with van der Waals surface area (Å²) in [5.41, 5.74) is 1.31. The van der Waals surface area contributed by atoms with Crippen molar-refractivity contribution in [2.24, 2.45) is 0 Å². The number of rotatable bonds is 2. The number of halogens is 1. The monoisotopic (exact) mass is 214 g/mol. The van der Waals surface area contributed by atoms with Crippen LogP contribution in [0.4, 0.5) is 0 Å². The molecule has 0 aliphatic heterocycles. The highest BCUT2D eigenvalue weighted by atomic mass is 79.9. The molecule has 0 radical (unpaired) electrons. The Labute approximate surface area is 73.0 Å². The van der Waals surface area contributed by atoms with Crippen LogP contribution in [-0.2, 0) is 6.61 Å². The van der Waals surface area contributed by atoms with Crippen molar-refractivity contribution in [1.82, 2.24) is 0 Å². The van der Waals surface area contributed by atoms with E-state index in [-0.39, 0.29) is 6.61 Å². The molecule has 3 heteroatoms. The van der Waals surface area contributed by atoms with Gasteiger partial charge in [0.15, 0.2) is 6.29 Å². The number of hydrogen-bond donors (Lipinski definition) is 1. The molecular weight excluding hydrogens is 208 g/mol. The second kappa shape index (κ2) is 3.64. The number of aliphatic hydroxyl groups excluding tert-OH is 1. The first kappa shape index (κ1) is 8.43. The standard InChI is InChI=1S/C8H7BrO2/c9-8-2-1-6(4-10)3-7(8)5-11/h1-3,5,10H,4H2. The van der Waals surface area contributed by atoms with Crippen molar-refractivity contribution in [3.05, 3.63) is 33.8 Å². The SMILES string of the molecule is O=Cc1cc(CO)ccc1Br. The Morgan fingerprint density at radius 2 is 2.27 bits per heavy atom. The van der Waals surface area contributed by atoms with Crippen LogP contribution in [0.3, 0.4) is 0 Å². The third-order valence-corrected chi connectivity index (χ3v) is 2.09. The Bertz CT molecular complexity index is 271. The fourth-order valence-corrected chi connectivity index (χ4v) is 1.12. The minimum Gasteiger partial charge on any atom is -0.392 e. The molecule has 0 bridgehead atoms. The van der Waals surface area contributed by atoms with Crippen LogP contribution in [0.1, 0.15) is 15.9 Å². The largest absolute Gasteiger partial charge is 0.392 e. The van der Waals surface area contributed by atoms with E-state index in [1.54, 1.807) is 18.2 Å². The van der Waals surface area contributed by atoms with Crippen LogP contribution >= 0.6 is 15.9 Å². The fraction of sp³-hybridized carbons (Fsp3) is 0.125. The van der Waals surface area contributed by atoms with E-state index in [4.69, 9.17) is 5.11 Å². The summed E-state index contributed by atoms with van der Waals surface area (Å²) in [6, 6.07) is 5.16. The lowest BCUT2D eigenvalue weighted by Gasteiger charge is -1.98. The lowest BCUT2D eigenvalue weighted by atomic mass is 10.1. The molecule has 0 spiro atoms. The lowest BCUT2D eigenvalue weighted by molar-refractivity contribution is 0.112. The predicted octanol–water partition coefficient (Wildman–Crippen LogP) is 1.75. The van der Waals surface area contributed by atoms with Gasteiger partial charge in [0, 0.05) is 10.0 Å². The van der Waals surface area contributed by atoms with E-state index in [1.807, 2.05) is 0 Å². The van der Waals surface area contributed by atoms with Crippen LogP contribution < -0.4 is 0 Å². The number of aldehydes is 1. The summed E-state index contributed by atoms with van der Waals surface area (Å²) in [6.07, 6.45) is 0.753. The van der Waals surface area contributed by atoms with Gasteiger partial charge in [0.2, 0.25) is 0 Å². The van der Waals surface area contributed by atoms with Crippen molar-refractivity contribution in [1.29, 1.82) is 0 Å². The highest BCUT2D eigenvalue weighted by Gasteiger charge is 1.98. The normalized spacial score (nSPS) is 9.64. The summed E-state index contributed by atoms with van der Waals surface area (Å²) in [4.78, 5) is 10.4. The lowest BCUT2D eigenvalue weighted by Crippen LogP contribution is -1.87. The van der Waals surface area contributed by atoms with Gasteiger partial charge < -0.3 is 5.11 Å². The van der Waals surface area contributed by atoms with Gasteiger partial charge in [-0.15, -0.1) is 0 Å². The molecule has 2 nitrogen and oxygen atoms in total. The number of carbonyl (C=O) groups is 1. The van der Waals surface area contributed by atoms with E-state index in [1.165, 1.54) is 0 Å². The molecule has 0 atom stereocenters. The van der Waals surface area contributed by atoms with Crippen molar-refractivity contribution in [3.63, 3.8) is 0 Å². The minimum atomic E-state index is -0.0336. The molecule has 0 saturated heterocycles.